The Bertz CT molecular complexity index is 1070. The summed E-state index contributed by atoms with van der Waals surface area (Å²) in [6.07, 6.45) is 22.6. The van der Waals surface area contributed by atoms with Gasteiger partial charge in [-0.2, -0.15) is 0 Å². The average molecular weight is 906 g/mol. The predicted octanol–water partition coefficient (Wildman–Crippen LogP) is 6.61. The fraction of sp³-hybridized carbons (Fsp3) is 0.980. The minimum Gasteiger partial charge on any atom is -0.394 e. The Labute approximate surface area is 381 Å². The van der Waals surface area contributed by atoms with Gasteiger partial charge in [-0.1, -0.05) is 200 Å². The summed E-state index contributed by atoms with van der Waals surface area (Å²) in [4.78, 5) is 12.3. The summed E-state index contributed by atoms with van der Waals surface area (Å²) < 4.78 is 22.4. The Morgan fingerprint density at radius 1 is 0.508 bits per heavy atom. The van der Waals surface area contributed by atoms with E-state index in [0.717, 1.165) is 25.7 Å². The second kappa shape index (κ2) is 37.0. The standard InChI is InChI=1S/C49H95NO13/c1-3-5-6-7-8-9-10-11-12-13-14-15-16-17-18-19-20-21-22-23-24-25-26-27-28-29-30-31-32-33-38(53)37(50-41(54)4-2)36-60-48-46(59)44(57)47(40(35-52)62-48)63-49-45(58)43(56)42(55)39(34-51)61-49/h37-40,42-49,51-53,55-59H,3-36H2,1-2H3,(H,50,54). The lowest BCUT2D eigenvalue weighted by atomic mass is 9.97. The van der Waals surface area contributed by atoms with Crippen LogP contribution >= 0.6 is 0 Å². The normalized spacial score (nSPS) is 27.4. The molecule has 14 nitrogen and oxygen atoms in total. The van der Waals surface area contributed by atoms with Crippen LogP contribution in [0.2, 0.25) is 0 Å². The molecule has 0 radical (unpaired) electrons. The number of aliphatic hydroxyl groups excluding tert-OH is 8. The number of nitrogens with one attached hydrogen (secondary N) is 1. The molecule has 2 fully saturated rings. The smallest absolute Gasteiger partial charge is 0.220 e. The predicted molar refractivity (Wildman–Crippen MR) is 245 cm³/mol. The molecule has 0 saturated carbocycles. The highest BCUT2D eigenvalue weighted by Crippen LogP contribution is 2.30. The molecule has 63 heavy (non-hydrogen) atoms. The van der Waals surface area contributed by atoms with E-state index in [9.17, 15) is 45.6 Å². The van der Waals surface area contributed by atoms with Crippen LogP contribution in [0.1, 0.15) is 213 Å². The van der Waals surface area contributed by atoms with E-state index < -0.39 is 86.8 Å². The first-order chi connectivity index (χ1) is 30.6. The van der Waals surface area contributed by atoms with E-state index in [1.165, 1.54) is 161 Å². The van der Waals surface area contributed by atoms with E-state index in [2.05, 4.69) is 12.2 Å². The van der Waals surface area contributed by atoms with Crippen LogP contribution in [0.4, 0.5) is 0 Å². The number of carbonyl (C=O) groups is 1. The van der Waals surface area contributed by atoms with Gasteiger partial charge in [0.15, 0.2) is 12.6 Å². The number of hydrogen-bond donors (Lipinski definition) is 9. The zero-order valence-electron chi connectivity index (χ0n) is 39.6. The quantitative estimate of drug-likeness (QED) is 0.0296. The summed E-state index contributed by atoms with van der Waals surface area (Å²) in [5.41, 5.74) is 0. The Balaban J connectivity index is 1.49. The number of unbranched alkanes of at least 4 members (excludes halogenated alkanes) is 28. The van der Waals surface area contributed by atoms with Crippen molar-refractivity contribution in [1.29, 1.82) is 0 Å². The molecule has 9 N–H and O–H groups in total. The van der Waals surface area contributed by atoms with Gasteiger partial charge in [0.2, 0.25) is 5.91 Å². The van der Waals surface area contributed by atoms with Crippen molar-refractivity contribution >= 4 is 5.91 Å². The van der Waals surface area contributed by atoms with Crippen molar-refractivity contribution in [3.05, 3.63) is 0 Å². The van der Waals surface area contributed by atoms with E-state index in [4.69, 9.17) is 18.9 Å². The molecule has 0 aromatic rings. The molecular weight excluding hydrogens is 811 g/mol. The lowest BCUT2D eigenvalue weighted by molar-refractivity contribution is -0.359. The van der Waals surface area contributed by atoms with Crippen LogP contribution in [0.15, 0.2) is 0 Å². The molecule has 0 spiro atoms. The van der Waals surface area contributed by atoms with Crippen molar-refractivity contribution in [3.8, 4) is 0 Å². The lowest BCUT2D eigenvalue weighted by Crippen LogP contribution is -2.65. The molecule has 0 aromatic heterocycles. The molecule has 2 heterocycles. The molecule has 0 aromatic carbocycles. The largest absolute Gasteiger partial charge is 0.394 e. The molecule has 2 saturated heterocycles. The highest BCUT2D eigenvalue weighted by atomic mass is 16.7. The first kappa shape index (κ1) is 58.1. The van der Waals surface area contributed by atoms with E-state index in [0.29, 0.717) is 6.42 Å². The van der Waals surface area contributed by atoms with Gasteiger partial charge in [0, 0.05) is 6.42 Å². The molecule has 14 heteroatoms. The third-order valence-corrected chi connectivity index (χ3v) is 13.1. The van der Waals surface area contributed by atoms with Crippen LogP contribution in [-0.2, 0) is 23.7 Å². The third-order valence-electron chi connectivity index (χ3n) is 13.1. The van der Waals surface area contributed by atoms with Crippen molar-refractivity contribution < 1.29 is 64.6 Å². The number of carbonyl (C=O) groups excluding carboxylic acids is 1. The van der Waals surface area contributed by atoms with Gasteiger partial charge in [-0.3, -0.25) is 4.79 Å². The molecule has 0 aliphatic carbocycles. The molecule has 12 unspecified atom stereocenters. The molecule has 12 atom stereocenters. The monoisotopic (exact) mass is 906 g/mol. The summed E-state index contributed by atoms with van der Waals surface area (Å²) >= 11 is 0. The topological polar surface area (TPSA) is 228 Å². The summed E-state index contributed by atoms with van der Waals surface area (Å²) in [5, 5.41) is 85.6. The lowest BCUT2D eigenvalue weighted by Gasteiger charge is -2.46. The van der Waals surface area contributed by atoms with Gasteiger partial charge < -0.3 is 65.1 Å². The maximum atomic E-state index is 12.3. The zero-order chi connectivity index (χ0) is 46.1. The Morgan fingerprint density at radius 2 is 0.889 bits per heavy atom. The first-order valence-electron chi connectivity index (χ1n) is 25.8. The number of hydrogen-bond acceptors (Lipinski definition) is 13. The minimum absolute atomic E-state index is 0.188. The third kappa shape index (κ3) is 24.5. The van der Waals surface area contributed by atoms with Crippen LogP contribution in [0.3, 0.4) is 0 Å². The zero-order valence-corrected chi connectivity index (χ0v) is 39.6. The van der Waals surface area contributed by atoms with Gasteiger partial charge >= 0.3 is 0 Å². The van der Waals surface area contributed by atoms with Crippen molar-refractivity contribution in [2.24, 2.45) is 0 Å². The molecule has 2 aliphatic rings. The van der Waals surface area contributed by atoms with Crippen LogP contribution in [0, 0.1) is 0 Å². The number of ether oxygens (including phenoxy) is 4. The van der Waals surface area contributed by atoms with Gasteiger partial charge in [-0.05, 0) is 6.42 Å². The summed E-state index contributed by atoms with van der Waals surface area (Å²) in [6.45, 7) is 2.32. The Kier molecular flexibility index (Phi) is 34.2. The van der Waals surface area contributed by atoms with Crippen LogP contribution in [0.5, 0.6) is 0 Å². The maximum absolute atomic E-state index is 12.3. The summed E-state index contributed by atoms with van der Waals surface area (Å²) in [6, 6.07) is -0.820. The molecular formula is C49H95NO13. The first-order valence-corrected chi connectivity index (χ1v) is 25.8. The highest BCUT2D eigenvalue weighted by Gasteiger charge is 2.51. The van der Waals surface area contributed by atoms with Crippen LogP contribution < -0.4 is 5.32 Å². The highest BCUT2D eigenvalue weighted by molar-refractivity contribution is 5.75. The SMILES string of the molecule is CCCCCCCCCCCCCCCCCCCCCCCCCCCCCCCC(O)C(COC1OC(CO)C(OC2OC(CO)C(O)C(O)C2O)C(O)C1O)NC(=O)CC. The Hall–Kier alpha value is -1.01. The van der Waals surface area contributed by atoms with E-state index in [1.807, 2.05) is 0 Å². The van der Waals surface area contributed by atoms with Gasteiger partial charge in [0.25, 0.3) is 0 Å². The van der Waals surface area contributed by atoms with E-state index in [-0.39, 0.29) is 18.9 Å². The second-order valence-electron chi connectivity index (χ2n) is 18.6. The molecule has 0 bridgehead atoms. The van der Waals surface area contributed by atoms with Gasteiger partial charge in [0.1, 0.15) is 48.8 Å². The second-order valence-corrected chi connectivity index (χ2v) is 18.6. The summed E-state index contributed by atoms with van der Waals surface area (Å²) in [5.74, 6) is -0.292. The Morgan fingerprint density at radius 3 is 1.29 bits per heavy atom. The van der Waals surface area contributed by atoms with Gasteiger partial charge in [-0.25, -0.2) is 0 Å². The summed E-state index contributed by atoms with van der Waals surface area (Å²) in [7, 11) is 0. The number of aliphatic hydroxyl groups is 8. The molecule has 2 rings (SSSR count). The fourth-order valence-corrected chi connectivity index (χ4v) is 8.85. The van der Waals surface area contributed by atoms with Crippen LogP contribution in [0.25, 0.3) is 0 Å². The van der Waals surface area contributed by atoms with Gasteiger partial charge in [-0.15, -0.1) is 0 Å². The van der Waals surface area contributed by atoms with Crippen molar-refractivity contribution in [2.75, 3.05) is 19.8 Å². The van der Waals surface area contributed by atoms with E-state index >= 15 is 0 Å². The number of rotatable bonds is 40. The van der Waals surface area contributed by atoms with Crippen molar-refractivity contribution in [1.82, 2.24) is 5.32 Å². The maximum Gasteiger partial charge on any atom is 0.220 e. The number of amides is 1. The van der Waals surface area contributed by atoms with Crippen molar-refractivity contribution in [2.45, 2.75) is 286 Å². The minimum atomic E-state index is -1.78. The molecule has 1 amide bonds. The fourth-order valence-electron chi connectivity index (χ4n) is 8.85. The average Bonchev–Trinajstić information content (AvgIpc) is 3.28. The van der Waals surface area contributed by atoms with Crippen molar-refractivity contribution in [3.63, 3.8) is 0 Å². The van der Waals surface area contributed by atoms with Crippen LogP contribution in [-0.4, -0.2) is 140 Å². The van der Waals surface area contributed by atoms with E-state index in [1.54, 1.807) is 6.92 Å². The van der Waals surface area contributed by atoms with Gasteiger partial charge in [0.05, 0.1) is 32.0 Å². The molecule has 2 aliphatic heterocycles. The molecule has 374 valence electrons.